The Hall–Kier alpha value is -1.32. The predicted octanol–water partition coefficient (Wildman–Crippen LogP) is 2.32. The number of nitrogens with zero attached hydrogens (tertiary/aromatic N) is 1. The van der Waals surface area contributed by atoms with E-state index < -0.39 is 0 Å². The summed E-state index contributed by atoms with van der Waals surface area (Å²) in [7, 11) is 1.68. The van der Waals surface area contributed by atoms with E-state index in [1.54, 1.807) is 7.11 Å². The van der Waals surface area contributed by atoms with E-state index in [9.17, 15) is 0 Å². The van der Waals surface area contributed by atoms with Crippen molar-refractivity contribution in [3.05, 3.63) is 36.0 Å². The molecule has 1 atom stereocenters. The van der Waals surface area contributed by atoms with E-state index in [2.05, 4.69) is 34.9 Å². The van der Waals surface area contributed by atoms with Gasteiger partial charge in [0.15, 0.2) is 6.29 Å². The maximum atomic E-state index is 5.54. The molecule has 1 aromatic carbocycles. The van der Waals surface area contributed by atoms with Crippen molar-refractivity contribution >= 4 is 10.9 Å². The van der Waals surface area contributed by atoms with Gasteiger partial charge in [-0.05, 0) is 12.1 Å². The van der Waals surface area contributed by atoms with Gasteiger partial charge in [-0.2, -0.15) is 0 Å². The minimum absolute atomic E-state index is 0.217. The van der Waals surface area contributed by atoms with Gasteiger partial charge in [-0.25, -0.2) is 0 Å². The van der Waals surface area contributed by atoms with Crippen molar-refractivity contribution in [1.29, 1.82) is 0 Å². The van der Waals surface area contributed by atoms with Crippen molar-refractivity contribution in [3.63, 3.8) is 0 Å². The van der Waals surface area contributed by atoms with Crippen LogP contribution in [0.5, 0.6) is 0 Å². The lowest BCUT2D eigenvalue weighted by molar-refractivity contribution is -0.145. The summed E-state index contributed by atoms with van der Waals surface area (Å²) in [4.78, 5) is 0. The molecule has 0 saturated carbocycles. The molecule has 0 radical (unpaired) electrons. The Labute approximate surface area is 88.2 Å². The summed E-state index contributed by atoms with van der Waals surface area (Å²) in [5.41, 5.74) is 2.38. The summed E-state index contributed by atoms with van der Waals surface area (Å²) >= 11 is 0. The summed E-state index contributed by atoms with van der Waals surface area (Å²) in [6.45, 7) is 1.62. The lowest BCUT2D eigenvalue weighted by atomic mass is 10.2. The highest BCUT2D eigenvalue weighted by Gasteiger charge is 2.22. The average molecular weight is 203 g/mol. The number of ether oxygens (including phenoxy) is 2. The minimum atomic E-state index is -0.217. The smallest absolute Gasteiger partial charge is 0.198 e. The maximum Gasteiger partial charge on any atom is 0.198 e. The van der Waals surface area contributed by atoms with Crippen LogP contribution >= 0.6 is 0 Å². The Bertz CT molecular complexity index is 489. The van der Waals surface area contributed by atoms with E-state index >= 15 is 0 Å². The van der Waals surface area contributed by atoms with Crippen LogP contribution in [0.2, 0.25) is 0 Å². The van der Waals surface area contributed by atoms with Crippen molar-refractivity contribution in [2.24, 2.45) is 0 Å². The molecule has 0 saturated heterocycles. The van der Waals surface area contributed by atoms with Crippen molar-refractivity contribution in [3.8, 4) is 0 Å². The van der Waals surface area contributed by atoms with Crippen LogP contribution in [0, 0.1) is 0 Å². The molecule has 1 aliphatic heterocycles. The maximum absolute atomic E-state index is 5.54. The second kappa shape index (κ2) is 3.36. The lowest BCUT2D eigenvalue weighted by Crippen LogP contribution is -2.21. The Balaban J connectivity index is 2.24. The van der Waals surface area contributed by atoms with Crippen molar-refractivity contribution < 1.29 is 9.47 Å². The number of rotatable bonds is 1. The van der Waals surface area contributed by atoms with Gasteiger partial charge in [0.2, 0.25) is 0 Å². The largest absolute Gasteiger partial charge is 0.350 e. The Morgan fingerprint density at radius 3 is 3.13 bits per heavy atom. The van der Waals surface area contributed by atoms with Gasteiger partial charge in [0.05, 0.1) is 12.3 Å². The zero-order chi connectivity index (χ0) is 10.3. The molecule has 3 rings (SSSR count). The fourth-order valence-corrected chi connectivity index (χ4v) is 2.20. The summed E-state index contributed by atoms with van der Waals surface area (Å²) < 4.78 is 13.1. The number of hydrogen-bond acceptors (Lipinski definition) is 2. The first-order valence-electron chi connectivity index (χ1n) is 5.13. The van der Waals surface area contributed by atoms with Crippen LogP contribution in [0.1, 0.15) is 12.0 Å². The summed E-state index contributed by atoms with van der Waals surface area (Å²) in [6.07, 6.45) is -0.217. The Morgan fingerprint density at radius 1 is 1.40 bits per heavy atom. The molecule has 3 heteroatoms. The highest BCUT2D eigenvalue weighted by molar-refractivity contribution is 5.81. The van der Waals surface area contributed by atoms with Gasteiger partial charge in [0, 0.05) is 24.6 Å². The van der Waals surface area contributed by atoms with E-state index in [-0.39, 0.29) is 6.29 Å². The molecule has 1 aliphatic rings. The third kappa shape index (κ3) is 1.28. The van der Waals surface area contributed by atoms with E-state index in [0.29, 0.717) is 6.61 Å². The van der Waals surface area contributed by atoms with Crippen LogP contribution in [-0.4, -0.2) is 18.3 Å². The van der Waals surface area contributed by atoms with E-state index in [4.69, 9.17) is 9.47 Å². The van der Waals surface area contributed by atoms with Gasteiger partial charge in [-0.3, -0.25) is 0 Å². The molecule has 2 aromatic rings. The monoisotopic (exact) mass is 203 g/mol. The van der Waals surface area contributed by atoms with Crippen LogP contribution in [0.4, 0.5) is 0 Å². The standard InChI is InChI=1S/C12H13NO2/c1-14-12-11-8-9-4-2-3-5-10(9)13(11)6-7-15-12/h2-5,8,12H,6-7H2,1H3. The number of fused-ring (bicyclic) bond motifs is 3. The van der Waals surface area contributed by atoms with Crippen LogP contribution in [-0.2, 0) is 16.0 Å². The van der Waals surface area contributed by atoms with Crippen LogP contribution < -0.4 is 0 Å². The average Bonchev–Trinajstić information content (AvgIpc) is 2.67. The van der Waals surface area contributed by atoms with Crippen molar-refractivity contribution in [2.45, 2.75) is 12.8 Å². The fraction of sp³-hybridized carbons (Fsp3) is 0.333. The van der Waals surface area contributed by atoms with Gasteiger partial charge >= 0.3 is 0 Å². The molecule has 0 fully saturated rings. The van der Waals surface area contributed by atoms with Gasteiger partial charge < -0.3 is 14.0 Å². The van der Waals surface area contributed by atoms with Crippen molar-refractivity contribution in [2.75, 3.05) is 13.7 Å². The molecule has 3 nitrogen and oxygen atoms in total. The Kier molecular flexibility index (Phi) is 2.01. The third-order valence-corrected chi connectivity index (χ3v) is 2.88. The van der Waals surface area contributed by atoms with Crippen LogP contribution in [0.3, 0.4) is 0 Å². The molecule has 1 aromatic heterocycles. The normalized spacial score (nSPS) is 20.5. The van der Waals surface area contributed by atoms with Crippen molar-refractivity contribution in [1.82, 2.24) is 4.57 Å². The van der Waals surface area contributed by atoms with E-state index in [1.165, 1.54) is 10.9 Å². The van der Waals surface area contributed by atoms with E-state index in [0.717, 1.165) is 12.2 Å². The number of aromatic nitrogens is 1. The quantitative estimate of drug-likeness (QED) is 0.710. The molecule has 0 bridgehead atoms. The first-order chi connectivity index (χ1) is 7.40. The molecule has 15 heavy (non-hydrogen) atoms. The highest BCUT2D eigenvalue weighted by Crippen LogP contribution is 2.29. The topological polar surface area (TPSA) is 23.4 Å². The second-order valence-electron chi connectivity index (χ2n) is 3.72. The molecule has 0 N–H and O–H groups in total. The molecule has 0 spiro atoms. The number of para-hydroxylation sites is 1. The molecule has 0 aliphatic carbocycles. The molecule has 1 unspecified atom stereocenters. The zero-order valence-electron chi connectivity index (χ0n) is 8.64. The zero-order valence-corrected chi connectivity index (χ0v) is 8.64. The number of benzene rings is 1. The molecule has 0 amide bonds. The first-order valence-corrected chi connectivity index (χ1v) is 5.13. The second-order valence-corrected chi connectivity index (χ2v) is 3.72. The minimum Gasteiger partial charge on any atom is -0.350 e. The van der Waals surface area contributed by atoms with Gasteiger partial charge in [0.25, 0.3) is 0 Å². The van der Waals surface area contributed by atoms with Crippen LogP contribution in [0.25, 0.3) is 10.9 Å². The number of methoxy groups -OCH3 is 1. The van der Waals surface area contributed by atoms with Crippen LogP contribution in [0.15, 0.2) is 30.3 Å². The van der Waals surface area contributed by atoms with E-state index in [1.807, 2.05) is 0 Å². The molecule has 2 heterocycles. The molecule has 78 valence electrons. The number of hydrogen-bond donors (Lipinski definition) is 0. The highest BCUT2D eigenvalue weighted by atomic mass is 16.7. The summed E-state index contributed by atoms with van der Waals surface area (Å²) in [5.74, 6) is 0. The SMILES string of the molecule is COC1OCCn2c1cc1ccccc12. The lowest BCUT2D eigenvalue weighted by Gasteiger charge is -2.24. The molecular formula is C12H13NO2. The van der Waals surface area contributed by atoms with Gasteiger partial charge in [-0.15, -0.1) is 0 Å². The molecular weight excluding hydrogens is 190 g/mol. The fourth-order valence-electron chi connectivity index (χ4n) is 2.20. The van der Waals surface area contributed by atoms with Gasteiger partial charge in [0.1, 0.15) is 0 Å². The summed E-state index contributed by atoms with van der Waals surface area (Å²) in [5, 5.41) is 1.25. The predicted molar refractivity (Wildman–Crippen MR) is 57.6 cm³/mol. The first kappa shape index (κ1) is 8.95. The Morgan fingerprint density at radius 2 is 2.27 bits per heavy atom. The van der Waals surface area contributed by atoms with Gasteiger partial charge in [-0.1, -0.05) is 18.2 Å². The summed E-state index contributed by atoms with van der Waals surface area (Å²) in [6, 6.07) is 10.5. The third-order valence-electron chi connectivity index (χ3n) is 2.88.